The summed E-state index contributed by atoms with van der Waals surface area (Å²) in [4.78, 5) is 40.0. The molecule has 1 heterocycles. The van der Waals surface area contributed by atoms with Gasteiger partial charge in [0.05, 0.1) is 15.9 Å². The number of imide groups is 2. The predicted molar refractivity (Wildman–Crippen MR) is 180 cm³/mol. The number of carbonyl (C=O) groups is 3. The van der Waals surface area contributed by atoms with Gasteiger partial charge in [0, 0.05) is 9.50 Å². The molecule has 8 nitrogen and oxygen atoms in total. The van der Waals surface area contributed by atoms with Crippen LogP contribution in [0.5, 0.6) is 17.2 Å². The summed E-state index contributed by atoms with van der Waals surface area (Å²) in [7, 11) is 0. The number of nitrogens with zero attached hydrogens (tertiary/aromatic N) is 1. The van der Waals surface area contributed by atoms with Gasteiger partial charge in [-0.15, -0.1) is 0 Å². The Kier molecular flexibility index (Phi) is 10.2. The third-order valence-corrected chi connectivity index (χ3v) is 8.04. The van der Waals surface area contributed by atoms with E-state index < -0.39 is 17.8 Å². The molecule has 11 heteroatoms. The number of amides is 4. The van der Waals surface area contributed by atoms with E-state index in [4.69, 9.17) is 25.8 Å². The standard InChI is InChI=1S/C33H25BrClIN2O6/c1-2-42-29-17-22(16-28(36)30(29)44-19-20-3-7-23(34)8-4-20)15-27-31(39)37-33(41)38(32(27)40)25-11-13-26(14-12-25)43-18-21-5-9-24(35)10-6-21/h3-17H,2,18-19H2,1H3,(H,37,39,41)/b27-15+. The third kappa shape index (κ3) is 7.61. The third-order valence-electron chi connectivity index (χ3n) is 6.45. The molecule has 5 rings (SSSR count). The smallest absolute Gasteiger partial charge is 0.335 e. The highest BCUT2D eigenvalue weighted by Crippen LogP contribution is 2.36. The van der Waals surface area contributed by atoms with Crippen LogP contribution in [0.15, 0.2) is 95.0 Å². The Bertz CT molecular complexity index is 1730. The Morgan fingerprint density at radius 1 is 0.864 bits per heavy atom. The summed E-state index contributed by atoms with van der Waals surface area (Å²) in [5.74, 6) is 0.0157. The Balaban J connectivity index is 1.35. The van der Waals surface area contributed by atoms with Crippen LogP contribution in [0.4, 0.5) is 10.5 Å². The lowest BCUT2D eigenvalue weighted by Gasteiger charge is -2.26. The molecule has 0 aliphatic carbocycles. The van der Waals surface area contributed by atoms with Crippen LogP contribution in [0, 0.1) is 3.57 Å². The maximum Gasteiger partial charge on any atom is 0.335 e. The molecule has 0 atom stereocenters. The van der Waals surface area contributed by atoms with Gasteiger partial charge >= 0.3 is 6.03 Å². The Morgan fingerprint density at radius 2 is 1.50 bits per heavy atom. The quantitative estimate of drug-likeness (QED) is 0.0998. The van der Waals surface area contributed by atoms with Crippen LogP contribution in [0.25, 0.3) is 6.08 Å². The summed E-state index contributed by atoms with van der Waals surface area (Å²) < 4.78 is 19.4. The van der Waals surface area contributed by atoms with Gasteiger partial charge in [0.15, 0.2) is 11.5 Å². The summed E-state index contributed by atoms with van der Waals surface area (Å²) in [6.45, 7) is 2.88. The Hall–Kier alpha value is -3.87. The van der Waals surface area contributed by atoms with Crippen molar-refractivity contribution in [2.24, 2.45) is 0 Å². The fraction of sp³-hybridized carbons (Fsp3) is 0.121. The molecule has 224 valence electrons. The summed E-state index contributed by atoms with van der Waals surface area (Å²) in [5, 5.41) is 2.89. The Morgan fingerprint density at radius 3 is 2.16 bits per heavy atom. The first-order chi connectivity index (χ1) is 21.2. The van der Waals surface area contributed by atoms with Crippen molar-refractivity contribution in [2.75, 3.05) is 11.5 Å². The topological polar surface area (TPSA) is 94.2 Å². The van der Waals surface area contributed by atoms with E-state index in [2.05, 4.69) is 43.8 Å². The second kappa shape index (κ2) is 14.3. The van der Waals surface area contributed by atoms with Crippen LogP contribution < -0.4 is 24.4 Å². The van der Waals surface area contributed by atoms with Gasteiger partial charge in [0.25, 0.3) is 11.8 Å². The molecule has 4 aromatic rings. The molecule has 0 radical (unpaired) electrons. The summed E-state index contributed by atoms with van der Waals surface area (Å²) >= 11 is 11.5. The van der Waals surface area contributed by atoms with Gasteiger partial charge in [0.2, 0.25) is 0 Å². The second-order valence-corrected chi connectivity index (χ2v) is 12.1. The molecular weight excluding hydrogens is 763 g/mol. The van der Waals surface area contributed by atoms with E-state index >= 15 is 0 Å². The molecule has 0 spiro atoms. The summed E-state index contributed by atoms with van der Waals surface area (Å²) in [6, 6.07) is 24.2. The van der Waals surface area contributed by atoms with Crippen LogP contribution >= 0.6 is 50.1 Å². The van der Waals surface area contributed by atoms with Gasteiger partial charge in [0.1, 0.15) is 24.5 Å². The number of barbiturate groups is 1. The number of nitrogens with one attached hydrogen (secondary N) is 1. The van der Waals surface area contributed by atoms with E-state index in [9.17, 15) is 14.4 Å². The number of carbonyl (C=O) groups excluding carboxylic acids is 3. The van der Waals surface area contributed by atoms with E-state index in [1.165, 1.54) is 6.08 Å². The number of anilines is 1. The first-order valence-electron chi connectivity index (χ1n) is 13.4. The normalized spacial score (nSPS) is 14.0. The maximum absolute atomic E-state index is 13.5. The predicted octanol–water partition coefficient (Wildman–Crippen LogP) is 7.93. The molecule has 1 aliphatic heterocycles. The lowest BCUT2D eigenvalue weighted by atomic mass is 10.1. The van der Waals surface area contributed by atoms with Crippen molar-refractivity contribution >= 4 is 79.7 Å². The monoisotopic (exact) mass is 786 g/mol. The van der Waals surface area contributed by atoms with Crippen LogP contribution in [0.1, 0.15) is 23.6 Å². The zero-order chi connectivity index (χ0) is 31.2. The largest absolute Gasteiger partial charge is 0.490 e. The highest BCUT2D eigenvalue weighted by Gasteiger charge is 2.37. The fourth-order valence-electron chi connectivity index (χ4n) is 4.31. The van der Waals surface area contributed by atoms with Crippen LogP contribution in [-0.2, 0) is 22.8 Å². The van der Waals surface area contributed by atoms with E-state index in [-0.39, 0.29) is 11.3 Å². The number of urea groups is 1. The number of hydrogen-bond acceptors (Lipinski definition) is 6. The molecule has 4 aromatic carbocycles. The molecule has 0 aromatic heterocycles. The Labute approximate surface area is 281 Å². The van der Waals surface area contributed by atoms with Gasteiger partial charge in [-0.1, -0.05) is 51.8 Å². The maximum atomic E-state index is 13.5. The van der Waals surface area contributed by atoms with Crippen molar-refractivity contribution in [3.63, 3.8) is 0 Å². The van der Waals surface area contributed by atoms with Crippen molar-refractivity contribution in [1.82, 2.24) is 5.32 Å². The van der Waals surface area contributed by atoms with Gasteiger partial charge < -0.3 is 14.2 Å². The van der Waals surface area contributed by atoms with E-state index in [0.717, 1.165) is 24.1 Å². The van der Waals surface area contributed by atoms with E-state index in [1.807, 2.05) is 43.3 Å². The highest BCUT2D eigenvalue weighted by atomic mass is 127. The number of rotatable bonds is 10. The van der Waals surface area contributed by atoms with Crippen LogP contribution in [-0.4, -0.2) is 24.5 Å². The molecule has 4 amide bonds. The lowest BCUT2D eigenvalue weighted by molar-refractivity contribution is -0.122. The van der Waals surface area contributed by atoms with Crippen molar-refractivity contribution in [2.45, 2.75) is 20.1 Å². The molecule has 0 saturated carbocycles. The number of hydrogen-bond donors (Lipinski definition) is 1. The summed E-state index contributed by atoms with van der Waals surface area (Å²) in [6.07, 6.45) is 1.43. The minimum Gasteiger partial charge on any atom is -0.490 e. The van der Waals surface area contributed by atoms with Gasteiger partial charge in [-0.05, 0) is 113 Å². The minimum atomic E-state index is -0.840. The number of halogens is 3. The highest BCUT2D eigenvalue weighted by molar-refractivity contribution is 14.1. The summed E-state index contributed by atoms with van der Waals surface area (Å²) in [5.41, 5.74) is 2.53. The zero-order valence-electron chi connectivity index (χ0n) is 23.3. The molecule has 1 fully saturated rings. The molecule has 0 bridgehead atoms. The number of benzene rings is 4. The lowest BCUT2D eigenvalue weighted by Crippen LogP contribution is -2.54. The molecule has 44 heavy (non-hydrogen) atoms. The van der Waals surface area contributed by atoms with E-state index in [1.54, 1.807) is 48.5 Å². The average Bonchev–Trinajstić information content (AvgIpc) is 3.00. The van der Waals surface area contributed by atoms with Crippen molar-refractivity contribution < 1.29 is 28.6 Å². The molecule has 0 unspecified atom stereocenters. The van der Waals surface area contributed by atoms with Crippen molar-refractivity contribution in [1.29, 1.82) is 0 Å². The van der Waals surface area contributed by atoms with Gasteiger partial charge in [-0.25, -0.2) is 9.69 Å². The first kappa shape index (κ1) is 31.6. The second-order valence-electron chi connectivity index (χ2n) is 9.55. The van der Waals surface area contributed by atoms with Crippen molar-refractivity contribution in [3.05, 3.63) is 120 Å². The molecule has 1 aliphatic rings. The first-order valence-corrected chi connectivity index (χ1v) is 15.7. The van der Waals surface area contributed by atoms with Gasteiger partial charge in [-0.2, -0.15) is 0 Å². The van der Waals surface area contributed by atoms with Crippen LogP contribution in [0.3, 0.4) is 0 Å². The van der Waals surface area contributed by atoms with E-state index in [0.29, 0.717) is 47.7 Å². The molecule has 1 saturated heterocycles. The molecule has 1 N–H and O–H groups in total. The molecular formula is C33H25BrClIN2O6. The average molecular weight is 788 g/mol. The minimum absolute atomic E-state index is 0.200. The zero-order valence-corrected chi connectivity index (χ0v) is 27.8. The number of ether oxygens (including phenoxy) is 3. The fourth-order valence-corrected chi connectivity index (χ4v) is 5.48. The van der Waals surface area contributed by atoms with Crippen molar-refractivity contribution in [3.8, 4) is 17.2 Å². The van der Waals surface area contributed by atoms with Crippen LogP contribution in [0.2, 0.25) is 5.02 Å². The SMILES string of the molecule is CCOc1cc(/C=C2\C(=O)NC(=O)N(c3ccc(OCc4ccc(Cl)cc4)cc3)C2=O)cc(I)c1OCc1ccc(Br)cc1. The van der Waals surface area contributed by atoms with Gasteiger partial charge in [-0.3, -0.25) is 14.9 Å².